The van der Waals surface area contributed by atoms with Crippen LogP contribution in [0.4, 0.5) is 0 Å². The number of aliphatic carboxylic acids is 1. The fraction of sp³-hybridized carbons (Fsp3) is 0.533. The number of carbonyl (C=O) groups is 1. The molecule has 2 rings (SSSR count). The fourth-order valence-electron chi connectivity index (χ4n) is 2.54. The number of benzene rings is 1. The molecule has 19 heavy (non-hydrogen) atoms. The molecule has 0 N–H and O–H groups in total. The quantitative estimate of drug-likeness (QED) is 0.575. The first-order chi connectivity index (χ1) is 8.75. The Morgan fingerprint density at radius 1 is 1.21 bits per heavy atom. The summed E-state index contributed by atoms with van der Waals surface area (Å²) in [6, 6.07) is 10.5. The van der Waals surface area contributed by atoms with E-state index in [4.69, 9.17) is 0 Å². The summed E-state index contributed by atoms with van der Waals surface area (Å²) in [5, 5.41) is 10.7. The first-order valence-electron chi connectivity index (χ1n) is 6.73. The second-order valence-electron chi connectivity index (χ2n) is 5.02. The largest absolute Gasteiger partial charge is 1.00 e. The minimum absolute atomic E-state index is 0. The van der Waals surface area contributed by atoms with E-state index in [2.05, 4.69) is 29.2 Å². The normalized spacial score (nSPS) is 16.8. The molecule has 1 aliphatic heterocycles. The van der Waals surface area contributed by atoms with Crippen LogP contribution < -0.4 is 24.0 Å². The SMILES string of the molecule is O=C([O-])C1CCN(CCCc2ccccc2)CC1.[Li+]. The number of hydrogen-bond donors (Lipinski definition) is 0. The van der Waals surface area contributed by atoms with Crippen molar-refractivity contribution >= 4 is 5.97 Å². The first-order valence-corrected chi connectivity index (χ1v) is 6.73. The molecule has 0 atom stereocenters. The van der Waals surface area contributed by atoms with Gasteiger partial charge in [-0.05, 0) is 50.9 Å². The van der Waals surface area contributed by atoms with Crippen LogP contribution in [0.1, 0.15) is 24.8 Å². The van der Waals surface area contributed by atoms with Crippen LogP contribution in [0.2, 0.25) is 0 Å². The summed E-state index contributed by atoms with van der Waals surface area (Å²) in [7, 11) is 0. The molecular weight excluding hydrogens is 233 g/mol. The van der Waals surface area contributed by atoms with Crippen LogP contribution >= 0.6 is 0 Å². The van der Waals surface area contributed by atoms with E-state index < -0.39 is 5.97 Å². The molecule has 1 aromatic carbocycles. The predicted octanol–water partition coefficient (Wildman–Crippen LogP) is -1.91. The van der Waals surface area contributed by atoms with E-state index in [0.29, 0.717) is 0 Å². The van der Waals surface area contributed by atoms with Gasteiger partial charge in [-0.2, -0.15) is 0 Å². The molecule has 0 unspecified atom stereocenters. The minimum atomic E-state index is -0.876. The average Bonchev–Trinajstić information content (AvgIpc) is 2.40. The number of carboxylic acids is 1. The fourth-order valence-corrected chi connectivity index (χ4v) is 2.54. The van der Waals surface area contributed by atoms with Crippen molar-refractivity contribution in [3.05, 3.63) is 35.9 Å². The number of carboxylic acid groups (broad SMARTS) is 1. The molecule has 0 aromatic heterocycles. The van der Waals surface area contributed by atoms with Crippen LogP contribution in [0.15, 0.2) is 30.3 Å². The van der Waals surface area contributed by atoms with Crippen molar-refractivity contribution in [1.82, 2.24) is 4.90 Å². The maximum atomic E-state index is 10.7. The molecule has 0 saturated carbocycles. The Balaban J connectivity index is 0.00000180. The molecular formula is C15H20LiNO2. The predicted molar refractivity (Wildman–Crippen MR) is 68.9 cm³/mol. The van der Waals surface area contributed by atoms with Crippen LogP contribution in [-0.4, -0.2) is 30.5 Å². The van der Waals surface area contributed by atoms with Crippen LogP contribution in [0.5, 0.6) is 0 Å². The van der Waals surface area contributed by atoms with Gasteiger partial charge in [-0.15, -0.1) is 0 Å². The van der Waals surface area contributed by atoms with E-state index >= 15 is 0 Å². The van der Waals surface area contributed by atoms with E-state index in [1.807, 2.05) is 6.07 Å². The number of rotatable bonds is 5. The third-order valence-electron chi connectivity index (χ3n) is 3.70. The van der Waals surface area contributed by atoms with Gasteiger partial charge < -0.3 is 14.8 Å². The molecule has 0 aliphatic carbocycles. The molecule has 0 bridgehead atoms. The maximum Gasteiger partial charge on any atom is 1.00 e. The van der Waals surface area contributed by atoms with Gasteiger partial charge in [0.15, 0.2) is 0 Å². The number of carbonyl (C=O) groups excluding carboxylic acids is 1. The van der Waals surface area contributed by atoms with Crippen molar-refractivity contribution in [1.29, 1.82) is 0 Å². The third kappa shape index (κ3) is 5.40. The van der Waals surface area contributed by atoms with Gasteiger partial charge in [0.1, 0.15) is 0 Å². The van der Waals surface area contributed by atoms with Crippen molar-refractivity contribution in [2.24, 2.45) is 5.92 Å². The Hall–Kier alpha value is -0.753. The zero-order valence-electron chi connectivity index (χ0n) is 11.7. The maximum absolute atomic E-state index is 10.7. The van der Waals surface area contributed by atoms with E-state index in [9.17, 15) is 9.90 Å². The molecule has 98 valence electrons. The molecule has 0 amide bonds. The molecule has 1 saturated heterocycles. The molecule has 1 fully saturated rings. The standard InChI is InChI=1S/C15H21NO2.Li/c17-15(18)14-8-11-16(12-9-14)10-4-7-13-5-2-1-3-6-13;/h1-3,5-6,14H,4,7-12H2,(H,17,18);/q;+1/p-1. The van der Waals surface area contributed by atoms with E-state index in [-0.39, 0.29) is 24.8 Å². The summed E-state index contributed by atoms with van der Waals surface area (Å²) < 4.78 is 0. The summed E-state index contributed by atoms with van der Waals surface area (Å²) in [6.45, 7) is 2.86. The molecule has 1 heterocycles. The summed E-state index contributed by atoms with van der Waals surface area (Å²) in [5.41, 5.74) is 1.38. The Kier molecular flexibility index (Phi) is 7.23. The van der Waals surface area contributed by atoms with Gasteiger partial charge in [-0.3, -0.25) is 0 Å². The summed E-state index contributed by atoms with van der Waals surface area (Å²) in [4.78, 5) is 13.1. The van der Waals surface area contributed by atoms with Gasteiger partial charge in [0, 0.05) is 11.9 Å². The number of piperidine rings is 1. The molecule has 1 aliphatic rings. The number of hydrogen-bond acceptors (Lipinski definition) is 3. The number of likely N-dealkylation sites (tertiary alicyclic amines) is 1. The van der Waals surface area contributed by atoms with Gasteiger partial charge in [-0.1, -0.05) is 30.3 Å². The van der Waals surface area contributed by atoms with Gasteiger partial charge in [-0.25, -0.2) is 0 Å². The van der Waals surface area contributed by atoms with Crippen LogP contribution in [0, 0.1) is 5.92 Å². The zero-order chi connectivity index (χ0) is 12.8. The molecule has 4 heteroatoms. The van der Waals surface area contributed by atoms with Crippen LogP contribution in [-0.2, 0) is 11.2 Å². The Morgan fingerprint density at radius 2 is 1.84 bits per heavy atom. The Labute approximate surface area is 127 Å². The Bertz CT molecular complexity index is 375. The van der Waals surface area contributed by atoms with Crippen molar-refractivity contribution in [3.63, 3.8) is 0 Å². The van der Waals surface area contributed by atoms with Crippen molar-refractivity contribution in [2.75, 3.05) is 19.6 Å². The minimum Gasteiger partial charge on any atom is -0.550 e. The molecule has 0 spiro atoms. The van der Waals surface area contributed by atoms with Gasteiger partial charge in [0.2, 0.25) is 0 Å². The second-order valence-corrected chi connectivity index (χ2v) is 5.02. The molecule has 0 radical (unpaired) electrons. The first kappa shape index (κ1) is 16.3. The van der Waals surface area contributed by atoms with Gasteiger partial charge in [0.25, 0.3) is 0 Å². The monoisotopic (exact) mass is 253 g/mol. The van der Waals surface area contributed by atoms with E-state index in [0.717, 1.165) is 45.3 Å². The molecule has 3 nitrogen and oxygen atoms in total. The zero-order valence-corrected chi connectivity index (χ0v) is 11.7. The smallest absolute Gasteiger partial charge is 0.550 e. The van der Waals surface area contributed by atoms with Gasteiger partial charge >= 0.3 is 18.9 Å². The number of nitrogens with zero attached hydrogens (tertiary/aromatic N) is 1. The average molecular weight is 253 g/mol. The topological polar surface area (TPSA) is 43.4 Å². The van der Waals surface area contributed by atoms with Crippen molar-refractivity contribution in [3.8, 4) is 0 Å². The third-order valence-corrected chi connectivity index (χ3v) is 3.70. The summed E-state index contributed by atoms with van der Waals surface area (Å²) in [6.07, 6.45) is 3.72. The number of aryl methyl sites for hydroxylation is 1. The second kappa shape index (κ2) is 8.42. The molecule has 1 aromatic rings. The van der Waals surface area contributed by atoms with Crippen LogP contribution in [0.25, 0.3) is 0 Å². The van der Waals surface area contributed by atoms with Crippen molar-refractivity contribution in [2.45, 2.75) is 25.7 Å². The van der Waals surface area contributed by atoms with Crippen LogP contribution in [0.3, 0.4) is 0 Å². The van der Waals surface area contributed by atoms with Gasteiger partial charge in [0.05, 0.1) is 0 Å². The summed E-state index contributed by atoms with van der Waals surface area (Å²) in [5.74, 6) is -1.10. The van der Waals surface area contributed by atoms with Crippen molar-refractivity contribution < 1.29 is 28.8 Å². The van der Waals surface area contributed by atoms with E-state index in [1.165, 1.54) is 5.56 Å². The van der Waals surface area contributed by atoms with E-state index in [1.54, 1.807) is 0 Å². The Morgan fingerprint density at radius 3 is 2.42 bits per heavy atom. The summed E-state index contributed by atoms with van der Waals surface area (Å²) >= 11 is 0.